The Hall–Kier alpha value is -0.860. The van der Waals surface area contributed by atoms with Crippen LogP contribution in [0.15, 0.2) is 24.3 Å². The van der Waals surface area contributed by atoms with E-state index in [0.29, 0.717) is 18.4 Å². The van der Waals surface area contributed by atoms with Crippen LogP contribution in [0.2, 0.25) is 0 Å². The zero-order chi connectivity index (χ0) is 9.97. The van der Waals surface area contributed by atoms with Crippen LogP contribution < -0.4 is 5.73 Å². The summed E-state index contributed by atoms with van der Waals surface area (Å²) in [5, 5.41) is 0. The number of hydrogen-bond donors (Lipinski definition) is 1. The Morgan fingerprint density at radius 2 is 2.14 bits per heavy atom. The summed E-state index contributed by atoms with van der Waals surface area (Å²) in [6.45, 7) is 4.63. The van der Waals surface area contributed by atoms with Gasteiger partial charge in [-0.05, 0) is 23.6 Å². The summed E-state index contributed by atoms with van der Waals surface area (Å²) in [7, 11) is 0. The highest BCUT2D eigenvalue weighted by Gasteiger charge is 2.23. The molecule has 2 heteroatoms. The van der Waals surface area contributed by atoms with Gasteiger partial charge in [-0.25, -0.2) is 0 Å². The molecule has 0 radical (unpaired) electrons. The Morgan fingerprint density at radius 3 is 2.71 bits per heavy atom. The summed E-state index contributed by atoms with van der Waals surface area (Å²) in [6, 6.07) is 8.57. The first-order valence-electron chi connectivity index (χ1n) is 5.19. The number of ether oxygens (including phenoxy) is 1. The predicted octanol–water partition coefficient (Wildman–Crippen LogP) is 1.86. The predicted molar refractivity (Wildman–Crippen MR) is 57.5 cm³/mol. The lowest BCUT2D eigenvalue weighted by molar-refractivity contribution is 0.00798. The highest BCUT2D eigenvalue weighted by molar-refractivity contribution is 5.34. The lowest BCUT2D eigenvalue weighted by atomic mass is 9.87. The van der Waals surface area contributed by atoms with Crippen molar-refractivity contribution in [2.45, 2.75) is 18.8 Å². The zero-order valence-corrected chi connectivity index (χ0v) is 8.57. The van der Waals surface area contributed by atoms with Crippen LogP contribution in [0.4, 0.5) is 0 Å². The molecule has 0 aliphatic carbocycles. The zero-order valence-electron chi connectivity index (χ0n) is 8.57. The van der Waals surface area contributed by atoms with E-state index < -0.39 is 0 Å². The van der Waals surface area contributed by atoms with Gasteiger partial charge in [-0.15, -0.1) is 0 Å². The fourth-order valence-electron chi connectivity index (χ4n) is 1.87. The molecule has 1 aromatic carbocycles. The van der Waals surface area contributed by atoms with Crippen molar-refractivity contribution in [1.82, 2.24) is 0 Å². The molecule has 1 aromatic rings. The summed E-state index contributed by atoms with van der Waals surface area (Å²) in [4.78, 5) is 0. The number of hydrogen-bond acceptors (Lipinski definition) is 2. The number of rotatable bonds is 3. The molecule has 2 rings (SSSR count). The maximum absolute atomic E-state index is 5.70. The Kier molecular flexibility index (Phi) is 2.85. The smallest absolute Gasteiger partial charge is 0.0557 e. The number of nitrogens with two attached hydrogens (primary N) is 1. The molecule has 1 fully saturated rings. The summed E-state index contributed by atoms with van der Waals surface area (Å²) in [5.41, 5.74) is 8.52. The van der Waals surface area contributed by atoms with Crippen LogP contribution in [0.3, 0.4) is 0 Å². The van der Waals surface area contributed by atoms with Gasteiger partial charge in [0.2, 0.25) is 0 Å². The Morgan fingerprint density at radius 1 is 1.43 bits per heavy atom. The van der Waals surface area contributed by atoms with Gasteiger partial charge in [0, 0.05) is 5.92 Å². The molecule has 1 atom stereocenters. The van der Waals surface area contributed by atoms with Crippen LogP contribution >= 0.6 is 0 Å². The summed E-state index contributed by atoms with van der Waals surface area (Å²) in [5.74, 6) is 1.05. The summed E-state index contributed by atoms with van der Waals surface area (Å²) < 4.78 is 5.23. The van der Waals surface area contributed by atoms with Gasteiger partial charge in [0.25, 0.3) is 0 Å². The van der Waals surface area contributed by atoms with Gasteiger partial charge in [0.15, 0.2) is 0 Å². The van der Waals surface area contributed by atoms with Crippen LogP contribution in [-0.4, -0.2) is 19.8 Å². The van der Waals surface area contributed by atoms with Crippen molar-refractivity contribution in [3.05, 3.63) is 35.4 Å². The van der Waals surface area contributed by atoms with Crippen molar-refractivity contribution in [2.75, 3.05) is 19.8 Å². The van der Waals surface area contributed by atoms with Crippen molar-refractivity contribution in [2.24, 2.45) is 5.73 Å². The van der Waals surface area contributed by atoms with E-state index in [0.717, 1.165) is 13.2 Å². The molecule has 14 heavy (non-hydrogen) atoms. The van der Waals surface area contributed by atoms with E-state index in [9.17, 15) is 0 Å². The van der Waals surface area contributed by atoms with Crippen molar-refractivity contribution in [3.63, 3.8) is 0 Å². The molecule has 1 saturated heterocycles. The first-order chi connectivity index (χ1) is 6.83. The molecule has 0 aromatic heterocycles. The summed E-state index contributed by atoms with van der Waals surface area (Å²) in [6.07, 6.45) is 0. The first-order valence-corrected chi connectivity index (χ1v) is 5.19. The maximum Gasteiger partial charge on any atom is 0.0557 e. The SMILES string of the molecule is CC(CN)c1ccccc1C1COC1. The minimum absolute atomic E-state index is 0.451. The van der Waals surface area contributed by atoms with E-state index in [1.807, 2.05) is 0 Å². The Labute approximate surface area is 85.1 Å². The van der Waals surface area contributed by atoms with Crippen molar-refractivity contribution in [1.29, 1.82) is 0 Å². The highest BCUT2D eigenvalue weighted by Crippen LogP contribution is 2.30. The second-order valence-corrected chi connectivity index (χ2v) is 4.00. The lowest BCUT2D eigenvalue weighted by Crippen LogP contribution is -2.27. The third-order valence-corrected chi connectivity index (χ3v) is 2.96. The van der Waals surface area contributed by atoms with E-state index in [2.05, 4.69) is 31.2 Å². The third kappa shape index (κ3) is 1.68. The molecule has 2 N–H and O–H groups in total. The van der Waals surface area contributed by atoms with Gasteiger partial charge in [-0.2, -0.15) is 0 Å². The fraction of sp³-hybridized carbons (Fsp3) is 0.500. The van der Waals surface area contributed by atoms with Gasteiger partial charge < -0.3 is 10.5 Å². The molecule has 0 saturated carbocycles. The van der Waals surface area contributed by atoms with E-state index in [1.54, 1.807) is 0 Å². The highest BCUT2D eigenvalue weighted by atomic mass is 16.5. The monoisotopic (exact) mass is 191 g/mol. The Balaban J connectivity index is 2.27. The normalized spacial score (nSPS) is 19.0. The molecular weight excluding hydrogens is 174 g/mol. The molecule has 2 nitrogen and oxygen atoms in total. The molecule has 1 heterocycles. The summed E-state index contributed by atoms with van der Waals surface area (Å²) >= 11 is 0. The number of benzene rings is 1. The lowest BCUT2D eigenvalue weighted by Gasteiger charge is -2.29. The minimum atomic E-state index is 0.451. The molecular formula is C12H17NO. The fourth-order valence-corrected chi connectivity index (χ4v) is 1.87. The van der Waals surface area contributed by atoms with Crippen LogP contribution in [0.1, 0.15) is 29.9 Å². The standard InChI is InChI=1S/C12H17NO/c1-9(6-13)11-4-2-3-5-12(11)10-7-14-8-10/h2-5,9-10H,6-8,13H2,1H3. The van der Waals surface area contributed by atoms with E-state index >= 15 is 0 Å². The molecule has 0 bridgehead atoms. The van der Waals surface area contributed by atoms with Crippen LogP contribution in [0, 0.1) is 0 Å². The van der Waals surface area contributed by atoms with Crippen LogP contribution in [0.25, 0.3) is 0 Å². The van der Waals surface area contributed by atoms with Crippen molar-refractivity contribution in [3.8, 4) is 0 Å². The van der Waals surface area contributed by atoms with Gasteiger partial charge in [-0.3, -0.25) is 0 Å². The first kappa shape index (κ1) is 9.69. The maximum atomic E-state index is 5.70. The van der Waals surface area contributed by atoms with Crippen LogP contribution in [0.5, 0.6) is 0 Å². The van der Waals surface area contributed by atoms with E-state index in [4.69, 9.17) is 10.5 Å². The topological polar surface area (TPSA) is 35.2 Å². The average molecular weight is 191 g/mol. The van der Waals surface area contributed by atoms with Gasteiger partial charge in [0.05, 0.1) is 13.2 Å². The quantitative estimate of drug-likeness (QED) is 0.791. The van der Waals surface area contributed by atoms with Gasteiger partial charge in [-0.1, -0.05) is 31.2 Å². The Bertz CT molecular complexity index is 283. The molecule has 1 aliphatic heterocycles. The molecule has 1 unspecified atom stereocenters. The van der Waals surface area contributed by atoms with Gasteiger partial charge in [0.1, 0.15) is 0 Å². The largest absolute Gasteiger partial charge is 0.380 e. The molecule has 0 amide bonds. The van der Waals surface area contributed by atoms with E-state index in [1.165, 1.54) is 11.1 Å². The molecule has 0 spiro atoms. The van der Waals surface area contributed by atoms with Crippen LogP contribution in [-0.2, 0) is 4.74 Å². The van der Waals surface area contributed by atoms with E-state index in [-0.39, 0.29) is 0 Å². The second kappa shape index (κ2) is 4.11. The third-order valence-electron chi connectivity index (χ3n) is 2.96. The molecule has 76 valence electrons. The van der Waals surface area contributed by atoms with Gasteiger partial charge >= 0.3 is 0 Å². The molecule has 1 aliphatic rings. The van der Waals surface area contributed by atoms with Crippen molar-refractivity contribution < 1.29 is 4.74 Å². The van der Waals surface area contributed by atoms with Crippen molar-refractivity contribution >= 4 is 0 Å². The average Bonchev–Trinajstić information content (AvgIpc) is 2.15. The second-order valence-electron chi connectivity index (χ2n) is 4.00. The minimum Gasteiger partial charge on any atom is -0.380 e.